The number of hydrogen-bond acceptors (Lipinski definition) is 8. The highest BCUT2D eigenvalue weighted by Gasteiger charge is 2.26. The van der Waals surface area contributed by atoms with Crippen LogP contribution in [0.25, 0.3) is 0 Å². The number of nitrogens with two attached hydrogens (primary N) is 1. The molecule has 0 saturated carbocycles. The molecule has 0 amide bonds. The van der Waals surface area contributed by atoms with E-state index in [0.29, 0.717) is 19.3 Å². The summed E-state index contributed by atoms with van der Waals surface area (Å²) < 4.78 is 32.8. The number of esters is 2. The average molecular weight is 938 g/mol. The Bertz CT molecular complexity index is 1490. The molecule has 0 aromatic carbocycles. The maximum atomic E-state index is 12.6. The summed E-state index contributed by atoms with van der Waals surface area (Å²) in [6.45, 7) is 3.53. The topological polar surface area (TPSA) is 134 Å². The molecule has 0 aromatic heterocycles. The molecule has 0 bridgehead atoms. The molecule has 0 spiro atoms. The van der Waals surface area contributed by atoms with E-state index in [2.05, 4.69) is 129 Å². The molecule has 0 fully saturated rings. The second-order valence-electron chi connectivity index (χ2n) is 16.3. The fourth-order valence-corrected chi connectivity index (χ4v) is 7.10. The number of carbonyl (C=O) groups is 2. The van der Waals surface area contributed by atoms with Crippen molar-refractivity contribution in [3.63, 3.8) is 0 Å². The summed E-state index contributed by atoms with van der Waals surface area (Å²) in [4.78, 5) is 35.0. The summed E-state index contributed by atoms with van der Waals surface area (Å²) in [7, 11) is -4.41. The Balaban J connectivity index is 4.22. The van der Waals surface area contributed by atoms with Gasteiger partial charge in [-0.15, -0.1) is 0 Å². The molecule has 9 nitrogen and oxygen atoms in total. The van der Waals surface area contributed by atoms with E-state index in [1.165, 1.54) is 51.4 Å². The van der Waals surface area contributed by atoms with E-state index in [9.17, 15) is 19.0 Å². The largest absolute Gasteiger partial charge is 0.472 e. The average Bonchev–Trinajstić information content (AvgIpc) is 3.31. The van der Waals surface area contributed by atoms with Gasteiger partial charge in [0.05, 0.1) is 13.2 Å². The second-order valence-corrected chi connectivity index (χ2v) is 17.8. The number of unbranched alkanes of at least 4 members (excludes halogenated alkanes) is 13. The fourth-order valence-electron chi connectivity index (χ4n) is 6.34. The molecule has 2 atom stereocenters. The number of rotatable bonds is 46. The highest BCUT2D eigenvalue weighted by Crippen LogP contribution is 2.43. The van der Waals surface area contributed by atoms with Gasteiger partial charge in [0.1, 0.15) is 6.61 Å². The number of ether oxygens (including phenoxy) is 2. The lowest BCUT2D eigenvalue weighted by molar-refractivity contribution is -0.161. The first-order valence-corrected chi connectivity index (χ1v) is 27.0. The van der Waals surface area contributed by atoms with Crippen LogP contribution >= 0.6 is 7.82 Å². The fraction of sp³-hybridized carbons (Fsp3) is 0.607. The van der Waals surface area contributed by atoms with Crippen LogP contribution in [0.3, 0.4) is 0 Å². The molecule has 0 radical (unpaired) electrons. The number of carbonyl (C=O) groups excluding carboxylic acids is 2. The number of allylic oxidation sites excluding steroid dienone is 20. The van der Waals surface area contributed by atoms with E-state index >= 15 is 0 Å². The Morgan fingerprint density at radius 1 is 0.470 bits per heavy atom. The van der Waals surface area contributed by atoms with E-state index in [-0.39, 0.29) is 32.6 Å². The molecule has 10 heteroatoms. The minimum Gasteiger partial charge on any atom is -0.462 e. The lowest BCUT2D eigenvalue weighted by atomic mass is 10.1. The Hall–Kier alpha value is -3.59. The second kappa shape index (κ2) is 50.8. The van der Waals surface area contributed by atoms with E-state index in [4.69, 9.17) is 24.3 Å². The normalized spacial score (nSPS) is 14.2. The third-order valence-electron chi connectivity index (χ3n) is 10.1. The van der Waals surface area contributed by atoms with Crippen molar-refractivity contribution in [2.75, 3.05) is 26.4 Å². The number of phosphoric acid groups is 1. The van der Waals surface area contributed by atoms with Gasteiger partial charge in [-0.2, -0.15) is 0 Å². The molecular weight excluding hydrogens is 846 g/mol. The van der Waals surface area contributed by atoms with Crippen molar-refractivity contribution in [1.29, 1.82) is 0 Å². The summed E-state index contributed by atoms with van der Waals surface area (Å²) in [5.74, 6) is -0.918. The zero-order valence-corrected chi connectivity index (χ0v) is 42.3. The third kappa shape index (κ3) is 49.8. The van der Waals surface area contributed by atoms with Gasteiger partial charge in [-0.3, -0.25) is 18.6 Å². The van der Waals surface area contributed by atoms with Gasteiger partial charge in [0.2, 0.25) is 0 Å². The van der Waals surface area contributed by atoms with Crippen LogP contribution in [0.1, 0.15) is 187 Å². The first kappa shape index (κ1) is 62.4. The SMILES string of the molecule is CC/C=C\C/C=C\C/C=C\C/C=C\C/C=C\C/C=C\C/C=C\C/C=C\C/C=C\CCCC(=O)OC(COC(=O)CCCCCCC/C=C\CCCCCCCCC)COP(=O)(O)OCCN. The van der Waals surface area contributed by atoms with Gasteiger partial charge in [-0.05, 0) is 103 Å². The summed E-state index contributed by atoms with van der Waals surface area (Å²) in [5, 5.41) is 0. The van der Waals surface area contributed by atoms with Crippen LogP contribution in [0, 0.1) is 0 Å². The molecule has 0 aliphatic carbocycles. The molecule has 0 rings (SSSR count). The molecule has 66 heavy (non-hydrogen) atoms. The summed E-state index contributed by atoms with van der Waals surface area (Å²) in [6.07, 6.45) is 69.6. The maximum absolute atomic E-state index is 12.6. The van der Waals surface area contributed by atoms with E-state index in [0.717, 1.165) is 89.9 Å². The molecule has 0 aliphatic rings. The van der Waals surface area contributed by atoms with Gasteiger partial charge >= 0.3 is 19.8 Å². The van der Waals surface area contributed by atoms with Crippen LogP contribution in [-0.2, 0) is 32.7 Å². The van der Waals surface area contributed by atoms with Gasteiger partial charge in [-0.1, -0.05) is 193 Å². The highest BCUT2D eigenvalue weighted by molar-refractivity contribution is 7.47. The lowest BCUT2D eigenvalue weighted by Crippen LogP contribution is -2.29. The summed E-state index contributed by atoms with van der Waals surface area (Å²) in [6, 6.07) is 0. The van der Waals surface area contributed by atoms with Crippen LogP contribution in [0.5, 0.6) is 0 Å². The molecule has 374 valence electrons. The van der Waals surface area contributed by atoms with E-state index in [1.54, 1.807) is 0 Å². The Labute approximate surface area is 402 Å². The molecule has 2 unspecified atom stereocenters. The van der Waals surface area contributed by atoms with Crippen LogP contribution in [0.4, 0.5) is 0 Å². The Kier molecular flexibility index (Phi) is 48.1. The van der Waals surface area contributed by atoms with Crippen molar-refractivity contribution in [2.45, 2.75) is 193 Å². The van der Waals surface area contributed by atoms with Crippen molar-refractivity contribution < 1.29 is 37.6 Å². The highest BCUT2D eigenvalue weighted by atomic mass is 31.2. The van der Waals surface area contributed by atoms with Crippen LogP contribution in [-0.4, -0.2) is 49.3 Å². The van der Waals surface area contributed by atoms with Gasteiger partial charge in [0.15, 0.2) is 6.10 Å². The maximum Gasteiger partial charge on any atom is 0.472 e. The van der Waals surface area contributed by atoms with Crippen molar-refractivity contribution in [3.8, 4) is 0 Å². The Morgan fingerprint density at radius 3 is 1.30 bits per heavy atom. The van der Waals surface area contributed by atoms with Crippen molar-refractivity contribution in [3.05, 3.63) is 122 Å². The quantitative estimate of drug-likeness (QED) is 0.0265. The number of phosphoric ester groups is 1. The van der Waals surface area contributed by atoms with Gasteiger partial charge in [0.25, 0.3) is 0 Å². The molecule has 0 aliphatic heterocycles. The number of hydrogen-bond donors (Lipinski definition) is 2. The van der Waals surface area contributed by atoms with Crippen LogP contribution in [0.15, 0.2) is 122 Å². The van der Waals surface area contributed by atoms with Crippen molar-refractivity contribution in [1.82, 2.24) is 0 Å². The minimum atomic E-state index is -4.41. The standard InChI is InChI=1S/C56H92NO8P/c1-3-5-7-9-11-13-15-17-19-21-22-23-24-25-26-27-28-29-30-31-32-33-35-37-39-41-43-45-47-49-56(59)65-54(53-64-66(60,61)63-51-50-57)52-62-55(58)48-46-44-42-40-38-36-34-20-18-16-14-12-10-8-6-4-2/h5,7,11,13,17,19-20,22-23,25-26,28-29,31-32,34-35,37,41,43,54H,3-4,6,8-10,12,14-16,18,21,24,27,30,33,36,38-40,42,44-53,57H2,1-2H3,(H,60,61)/b7-5-,13-11-,19-17-,23-22-,26-25-,29-28-,32-31-,34-20-,37-35-,43-41-. The smallest absolute Gasteiger partial charge is 0.462 e. The van der Waals surface area contributed by atoms with Gasteiger partial charge < -0.3 is 20.1 Å². The van der Waals surface area contributed by atoms with E-state index in [1.807, 2.05) is 6.08 Å². The molecule has 0 heterocycles. The Morgan fingerprint density at radius 2 is 0.848 bits per heavy atom. The minimum absolute atomic E-state index is 0.0364. The van der Waals surface area contributed by atoms with E-state index < -0.39 is 32.5 Å². The molecule has 3 N–H and O–H groups in total. The molecule has 0 saturated heterocycles. The zero-order valence-electron chi connectivity index (χ0n) is 41.4. The molecule has 0 aromatic rings. The first-order valence-electron chi connectivity index (χ1n) is 25.5. The summed E-state index contributed by atoms with van der Waals surface area (Å²) in [5.41, 5.74) is 5.36. The zero-order chi connectivity index (χ0) is 48.1. The predicted octanol–water partition coefficient (Wildman–Crippen LogP) is 15.7. The molecular formula is C56H92NO8P. The first-order chi connectivity index (χ1) is 32.3. The van der Waals surface area contributed by atoms with Crippen molar-refractivity contribution >= 4 is 19.8 Å². The van der Waals surface area contributed by atoms with Gasteiger partial charge in [0, 0.05) is 19.4 Å². The van der Waals surface area contributed by atoms with Crippen molar-refractivity contribution in [2.24, 2.45) is 5.73 Å². The third-order valence-corrected chi connectivity index (χ3v) is 11.1. The van der Waals surface area contributed by atoms with Crippen LogP contribution < -0.4 is 5.73 Å². The summed E-state index contributed by atoms with van der Waals surface area (Å²) >= 11 is 0. The lowest BCUT2D eigenvalue weighted by Gasteiger charge is -2.19. The monoisotopic (exact) mass is 938 g/mol. The predicted molar refractivity (Wildman–Crippen MR) is 279 cm³/mol. The van der Waals surface area contributed by atoms with Gasteiger partial charge in [-0.25, -0.2) is 4.57 Å². The van der Waals surface area contributed by atoms with Crippen LogP contribution in [0.2, 0.25) is 0 Å².